The fourth-order valence-electron chi connectivity index (χ4n) is 6.55. The Bertz CT molecular complexity index is 1590. The van der Waals surface area contributed by atoms with Crippen LogP contribution >= 0.6 is 34.5 Å². The van der Waals surface area contributed by atoms with E-state index in [2.05, 4.69) is 15.5 Å². The third kappa shape index (κ3) is 4.34. The van der Waals surface area contributed by atoms with Gasteiger partial charge in [-0.2, -0.15) is 0 Å². The average molecular weight is 603 g/mol. The van der Waals surface area contributed by atoms with Gasteiger partial charge >= 0.3 is 0 Å². The lowest BCUT2D eigenvalue weighted by molar-refractivity contribution is -0.116. The molecule has 0 radical (unpaired) electrons. The number of ether oxygens (including phenoxy) is 1. The molecule has 0 unspecified atom stereocenters. The Morgan fingerprint density at radius 1 is 1.18 bits per heavy atom. The maximum absolute atomic E-state index is 14.7. The molecule has 4 atom stereocenters. The number of benzene rings is 2. The number of nitrogens with zero attached hydrogens (tertiary/aromatic N) is 2. The molecule has 7 rings (SSSR count). The topological polar surface area (TPSA) is 97.5 Å². The average Bonchev–Trinajstić information content (AvgIpc) is 3.50. The van der Waals surface area contributed by atoms with E-state index >= 15 is 0 Å². The Labute approximate surface area is 243 Å². The highest BCUT2D eigenvalue weighted by atomic mass is 35.5. The van der Waals surface area contributed by atoms with Crippen molar-refractivity contribution in [2.45, 2.75) is 62.8 Å². The summed E-state index contributed by atoms with van der Waals surface area (Å²) in [5, 5.41) is 20.4. The Kier molecular flexibility index (Phi) is 6.63. The van der Waals surface area contributed by atoms with Gasteiger partial charge in [-0.1, -0.05) is 34.4 Å². The Morgan fingerprint density at radius 2 is 1.90 bits per heavy atom. The standard InChI is InChI=1S/C29H26Cl2FN3O4S/c30-20-2-1-3-21(31)24(20)25-19(27(39-35-25)14-4-5-14)12-38-18-8-15-6-7-16(9-18)29(15,37)28-34-26-22(32)10-17(33-13-36)11-23(26)40-28/h1-3,10-11,13-16,18,37H,4-9,12H2,(H,33,36)/t15-,16+,18-,29+. The van der Waals surface area contributed by atoms with Crippen molar-refractivity contribution in [2.75, 3.05) is 5.32 Å². The smallest absolute Gasteiger partial charge is 0.211 e. The van der Waals surface area contributed by atoms with Crippen LogP contribution in [0.4, 0.5) is 10.1 Å². The summed E-state index contributed by atoms with van der Waals surface area (Å²) >= 11 is 14.3. The molecule has 0 aliphatic heterocycles. The zero-order valence-electron chi connectivity index (χ0n) is 21.3. The van der Waals surface area contributed by atoms with Crippen LogP contribution in [0.15, 0.2) is 34.9 Å². The van der Waals surface area contributed by atoms with Gasteiger partial charge in [0.2, 0.25) is 6.41 Å². The van der Waals surface area contributed by atoms with Gasteiger partial charge in [-0.3, -0.25) is 4.79 Å². The van der Waals surface area contributed by atoms with Crippen LogP contribution in [0.3, 0.4) is 0 Å². The van der Waals surface area contributed by atoms with Crippen molar-refractivity contribution in [2.24, 2.45) is 11.8 Å². The molecular weight excluding hydrogens is 576 g/mol. The number of carbonyl (C=O) groups is 1. The van der Waals surface area contributed by atoms with Gasteiger partial charge in [0.1, 0.15) is 27.6 Å². The van der Waals surface area contributed by atoms with Crippen LogP contribution in [-0.2, 0) is 21.7 Å². The van der Waals surface area contributed by atoms with Crippen molar-refractivity contribution in [1.82, 2.24) is 10.1 Å². The highest BCUT2D eigenvalue weighted by Gasteiger charge is 2.56. The SMILES string of the molecule is O=CNc1cc(F)c2nc([C@]3(O)[C@@H]4CC[C@H]3C[C@H](OCc3c(-c5c(Cl)cccc5Cl)noc3C3CC3)C4)sc2c1. The lowest BCUT2D eigenvalue weighted by Crippen LogP contribution is -2.44. The normalized spacial score (nSPS) is 25.9. The number of aliphatic hydroxyl groups is 1. The molecule has 3 aliphatic rings. The van der Waals surface area contributed by atoms with Crippen LogP contribution in [0.25, 0.3) is 21.5 Å². The van der Waals surface area contributed by atoms with Gasteiger partial charge in [0.15, 0.2) is 5.82 Å². The van der Waals surface area contributed by atoms with Crippen LogP contribution in [-0.4, -0.2) is 27.8 Å². The number of halogens is 3. The second kappa shape index (κ2) is 10.1. The molecule has 208 valence electrons. The molecule has 40 heavy (non-hydrogen) atoms. The van der Waals surface area contributed by atoms with Crippen LogP contribution in [0.5, 0.6) is 0 Å². The molecule has 2 heterocycles. The van der Waals surface area contributed by atoms with E-state index in [0.717, 1.165) is 37.0 Å². The third-order valence-electron chi connectivity index (χ3n) is 8.65. The Balaban J connectivity index is 1.13. The van der Waals surface area contributed by atoms with Gasteiger partial charge in [0.25, 0.3) is 0 Å². The summed E-state index contributed by atoms with van der Waals surface area (Å²) in [6, 6.07) is 8.30. The van der Waals surface area contributed by atoms with Crippen LogP contribution in [0, 0.1) is 17.7 Å². The van der Waals surface area contributed by atoms with Crippen molar-refractivity contribution < 1.29 is 23.6 Å². The summed E-state index contributed by atoms with van der Waals surface area (Å²) in [4.78, 5) is 15.4. The van der Waals surface area contributed by atoms with Gasteiger partial charge in [-0.25, -0.2) is 9.37 Å². The minimum Gasteiger partial charge on any atom is -0.382 e. The highest BCUT2D eigenvalue weighted by molar-refractivity contribution is 7.18. The van der Waals surface area contributed by atoms with E-state index in [9.17, 15) is 14.3 Å². The molecular formula is C29H26Cl2FN3O4S. The van der Waals surface area contributed by atoms with Gasteiger partial charge < -0.3 is 19.7 Å². The second-order valence-corrected chi connectivity index (χ2v) is 12.9. The number of amides is 1. The first-order chi connectivity index (χ1) is 19.4. The zero-order chi connectivity index (χ0) is 27.6. The van der Waals surface area contributed by atoms with E-state index in [-0.39, 0.29) is 23.5 Å². The van der Waals surface area contributed by atoms with E-state index in [1.807, 2.05) is 0 Å². The van der Waals surface area contributed by atoms with Gasteiger partial charge in [-0.15, -0.1) is 11.3 Å². The maximum Gasteiger partial charge on any atom is 0.211 e. The molecule has 7 nitrogen and oxygen atoms in total. The maximum atomic E-state index is 14.7. The van der Waals surface area contributed by atoms with Crippen LogP contribution < -0.4 is 5.32 Å². The monoisotopic (exact) mass is 601 g/mol. The van der Waals surface area contributed by atoms with Crippen molar-refractivity contribution in [1.29, 1.82) is 0 Å². The molecule has 11 heteroatoms. The molecule has 0 spiro atoms. The summed E-state index contributed by atoms with van der Waals surface area (Å²) in [6.07, 6.45) is 5.56. The van der Waals surface area contributed by atoms with E-state index in [1.54, 1.807) is 24.3 Å². The summed E-state index contributed by atoms with van der Waals surface area (Å²) in [5.41, 5.74) is 1.58. The molecule has 1 amide bonds. The molecule has 2 aromatic heterocycles. The number of anilines is 1. The first-order valence-corrected chi connectivity index (χ1v) is 15.0. The molecule has 3 aliphatic carbocycles. The lowest BCUT2D eigenvalue weighted by Gasteiger charge is -2.41. The highest BCUT2D eigenvalue weighted by Crippen LogP contribution is 2.57. The first kappa shape index (κ1) is 26.3. The van der Waals surface area contributed by atoms with E-state index in [0.29, 0.717) is 68.5 Å². The molecule has 3 fully saturated rings. The minimum absolute atomic E-state index is 0.0599. The van der Waals surface area contributed by atoms with Crippen molar-refractivity contribution >= 4 is 56.9 Å². The predicted molar refractivity (Wildman–Crippen MR) is 151 cm³/mol. The number of carbonyl (C=O) groups excluding carboxylic acids is 1. The first-order valence-electron chi connectivity index (χ1n) is 13.4. The largest absolute Gasteiger partial charge is 0.382 e. The number of rotatable bonds is 8. The van der Waals surface area contributed by atoms with E-state index in [4.69, 9.17) is 32.5 Å². The molecule has 2 aromatic carbocycles. The Morgan fingerprint density at radius 3 is 2.58 bits per heavy atom. The molecule has 2 bridgehead atoms. The minimum atomic E-state index is -1.14. The van der Waals surface area contributed by atoms with E-state index in [1.165, 1.54) is 17.4 Å². The third-order valence-corrected chi connectivity index (χ3v) is 10.4. The molecule has 4 aromatic rings. The second-order valence-electron chi connectivity index (χ2n) is 11.0. The number of nitrogens with one attached hydrogen (secondary N) is 1. The fourth-order valence-corrected chi connectivity index (χ4v) is 8.39. The summed E-state index contributed by atoms with van der Waals surface area (Å²) in [5.74, 6) is 0.522. The number of hydrogen-bond donors (Lipinski definition) is 2. The van der Waals surface area contributed by atoms with Crippen molar-refractivity contribution in [3.8, 4) is 11.3 Å². The van der Waals surface area contributed by atoms with Gasteiger partial charge in [-0.05, 0) is 74.6 Å². The lowest BCUT2D eigenvalue weighted by atomic mass is 9.73. The van der Waals surface area contributed by atoms with Crippen molar-refractivity contribution in [3.05, 3.63) is 62.5 Å². The van der Waals surface area contributed by atoms with Crippen LogP contribution in [0.2, 0.25) is 10.0 Å². The summed E-state index contributed by atoms with van der Waals surface area (Å²) in [7, 11) is 0. The van der Waals surface area contributed by atoms with Gasteiger partial charge in [0.05, 0.1) is 27.5 Å². The quantitative estimate of drug-likeness (QED) is 0.204. The number of thiazole rings is 1. The van der Waals surface area contributed by atoms with Crippen LogP contribution in [0.1, 0.15) is 60.8 Å². The number of fused-ring (bicyclic) bond motifs is 3. The fraction of sp³-hybridized carbons (Fsp3) is 0.414. The molecule has 3 saturated carbocycles. The summed E-state index contributed by atoms with van der Waals surface area (Å²) < 4.78 is 27.6. The number of aromatic nitrogens is 2. The van der Waals surface area contributed by atoms with Crippen molar-refractivity contribution in [3.63, 3.8) is 0 Å². The van der Waals surface area contributed by atoms with Gasteiger partial charge in [0, 0.05) is 22.7 Å². The predicted octanol–water partition coefficient (Wildman–Crippen LogP) is 7.44. The van der Waals surface area contributed by atoms with E-state index < -0.39 is 11.4 Å². The zero-order valence-corrected chi connectivity index (χ0v) is 23.7. The summed E-state index contributed by atoms with van der Waals surface area (Å²) in [6.45, 7) is 0.313. The molecule has 0 saturated heterocycles. The number of hydrogen-bond acceptors (Lipinski definition) is 7. The Hall–Kier alpha value is -2.56. The molecule has 2 N–H and O–H groups in total.